The zero-order chi connectivity index (χ0) is 25.2. The summed E-state index contributed by atoms with van der Waals surface area (Å²) in [6, 6.07) is 5.75. The third-order valence-electron chi connectivity index (χ3n) is 7.02. The molecule has 0 amide bonds. The van der Waals surface area contributed by atoms with E-state index in [1.165, 1.54) is 6.07 Å². The van der Waals surface area contributed by atoms with Gasteiger partial charge in [0.1, 0.15) is 17.3 Å². The van der Waals surface area contributed by atoms with Crippen molar-refractivity contribution in [2.24, 2.45) is 0 Å². The van der Waals surface area contributed by atoms with Crippen LogP contribution in [0.4, 0.5) is 20.4 Å². The van der Waals surface area contributed by atoms with E-state index in [0.29, 0.717) is 38.7 Å². The molecule has 3 aromatic rings. The molecule has 200 valence electrons. The molecule has 1 aromatic carbocycles. The molecule has 0 radical (unpaired) electrons. The van der Waals surface area contributed by atoms with Crippen LogP contribution in [0.25, 0.3) is 11.4 Å². The molecule has 1 N–H and O–H groups in total. The van der Waals surface area contributed by atoms with Gasteiger partial charge in [-0.05, 0) is 51.3 Å². The van der Waals surface area contributed by atoms with Crippen LogP contribution >= 0.6 is 12.4 Å². The first-order valence-electron chi connectivity index (χ1n) is 12.4. The minimum absolute atomic E-state index is 0. The van der Waals surface area contributed by atoms with Crippen LogP contribution in [0.2, 0.25) is 0 Å². The maximum absolute atomic E-state index is 15.0. The Kier molecular flexibility index (Phi) is 8.74. The van der Waals surface area contributed by atoms with E-state index in [-0.39, 0.29) is 47.9 Å². The highest BCUT2D eigenvalue weighted by Gasteiger charge is 2.26. The summed E-state index contributed by atoms with van der Waals surface area (Å²) < 4.78 is 43.0. The number of anilines is 2. The van der Waals surface area contributed by atoms with Crippen LogP contribution in [-0.2, 0) is 16.0 Å². The van der Waals surface area contributed by atoms with Gasteiger partial charge >= 0.3 is 0 Å². The summed E-state index contributed by atoms with van der Waals surface area (Å²) in [6.07, 6.45) is 4.38. The fourth-order valence-corrected chi connectivity index (χ4v) is 5.08. The molecule has 11 heteroatoms. The Morgan fingerprint density at radius 1 is 1.00 bits per heavy atom. The van der Waals surface area contributed by atoms with E-state index in [9.17, 15) is 4.39 Å². The number of halogens is 3. The Bertz CT molecular complexity index is 1210. The molecule has 5 rings (SSSR count). The second-order valence-corrected chi connectivity index (χ2v) is 9.64. The van der Waals surface area contributed by atoms with Gasteiger partial charge in [-0.1, -0.05) is 6.07 Å². The molecule has 4 heterocycles. The van der Waals surface area contributed by atoms with Crippen LogP contribution in [0.3, 0.4) is 0 Å². The summed E-state index contributed by atoms with van der Waals surface area (Å²) in [7, 11) is 0. The zero-order valence-corrected chi connectivity index (χ0v) is 22.1. The minimum atomic E-state index is -0.557. The summed E-state index contributed by atoms with van der Waals surface area (Å²) in [5.41, 5.74) is 1.81. The van der Waals surface area contributed by atoms with Gasteiger partial charge in [0, 0.05) is 37.9 Å². The first kappa shape index (κ1) is 27.4. The van der Waals surface area contributed by atoms with Gasteiger partial charge in [0.15, 0.2) is 5.82 Å². The van der Waals surface area contributed by atoms with Crippen LogP contribution in [0.1, 0.15) is 44.1 Å². The first-order chi connectivity index (χ1) is 17.4. The third kappa shape index (κ3) is 5.93. The van der Waals surface area contributed by atoms with Gasteiger partial charge in [-0.15, -0.1) is 12.4 Å². The topological polar surface area (TPSA) is 77.3 Å². The van der Waals surface area contributed by atoms with Gasteiger partial charge in [-0.2, -0.15) is 0 Å². The summed E-state index contributed by atoms with van der Waals surface area (Å²) in [4.78, 5) is 15.2. The second-order valence-electron chi connectivity index (χ2n) is 9.64. The number of imidazole rings is 1. The number of aromatic nitrogens is 4. The van der Waals surface area contributed by atoms with Crippen LogP contribution in [0, 0.1) is 18.6 Å². The van der Waals surface area contributed by atoms with Gasteiger partial charge in [-0.3, -0.25) is 4.90 Å². The molecule has 2 aliphatic rings. The molecule has 2 saturated heterocycles. The number of aryl methyl sites for hydroxylation is 1. The smallest absolute Gasteiger partial charge is 0.228 e. The van der Waals surface area contributed by atoms with Gasteiger partial charge < -0.3 is 19.4 Å². The van der Waals surface area contributed by atoms with Crippen molar-refractivity contribution in [3.05, 3.63) is 53.6 Å². The number of rotatable bonds is 6. The number of ether oxygens (including phenoxy) is 2. The van der Waals surface area contributed by atoms with Crippen molar-refractivity contribution in [1.82, 2.24) is 24.4 Å². The lowest BCUT2D eigenvalue weighted by Crippen LogP contribution is -2.48. The maximum atomic E-state index is 15.0. The quantitative estimate of drug-likeness (QED) is 0.474. The molecule has 2 aromatic heterocycles. The number of hydrogen-bond acceptors (Lipinski definition) is 7. The van der Waals surface area contributed by atoms with Gasteiger partial charge in [-0.25, -0.2) is 23.7 Å². The maximum Gasteiger partial charge on any atom is 0.228 e. The molecule has 37 heavy (non-hydrogen) atoms. The zero-order valence-electron chi connectivity index (χ0n) is 21.3. The lowest BCUT2D eigenvalue weighted by Gasteiger charge is -2.38. The van der Waals surface area contributed by atoms with E-state index in [1.807, 2.05) is 17.6 Å². The predicted molar refractivity (Wildman–Crippen MR) is 139 cm³/mol. The first-order valence-corrected chi connectivity index (χ1v) is 12.4. The van der Waals surface area contributed by atoms with Crippen LogP contribution in [0.5, 0.6) is 0 Å². The number of benzene rings is 1. The Balaban J connectivity index is 0.00000320. The molecular formula is C26H33ClF2N6O2. The second kappa shape index (κ2) is 11.8. The molecule has 0 bridgehead atoms. The summed E-state index contributed by atoms with van der Waals surface area (Å²) in [6.45, 7) is 9.40. The molecule has 2 atom stereocenters. The average Bonchev–Trinajstić information content (AvgIpc) is 3.26. The molecule has 8 nitrogen and oxygen atoms in total. The van der Waals surface area contributed by atoms with Crippen molar-refractivity contribution < 1.29 is 18.3 Å². The predicted octanol–water partition coefficient (Wildman–Crippen LogP) is 5.05. The normalized spacial score (nSPS) is 21.0. The largest absolute Gasteiger partial charge is 0.381 e. The van der Waals surface area contributed by atoms with Crippen molar-refractivity contribution >= 4 is 24.0 Å². The third-order valence-corrected chi connectivity index (χ3v) is 7.02. The van der Waals surface area contributed by atoms with E-state index in [0.717, 1.165) is 30.4 Å². The van der Waals surface area contributed by atoms with Crippen LogP contribution in [0.15, 0.2) is 30.6 Å². The molecule has 0 saturated carbocycles. The summed E-state index contributed by atoms with van der Waals surface area (Å²) in [5, 5.41) is 2.92. The lowest BCUT2D eigenvalue weighted by atomic mass is 10.1. The molecule has 2 aliphatic heterocycles. The van der Waals surface area contributed by atoms with E-state index >= 15 is 4.39 Å². The van der Waals surface area contributed by atoms with E-state index in [4.69, 9.17) is 9.47 Å². The van der Waals surface area contributed by atoms with Crippen LogP contribution < -0.4 is 5.32 Å². The molecule has 0 spiro atoms. The van der Waals surface area contributed by atoms with Gasteiger partial charge in [0.2, 0.25) is 5.95 Å². The molecule has 0 unspecified atom stereocenters. The Morgan fingerprint density at radius 2 is 1.73 bits per heavy atom. The van der Waals surface area contributed by atoms with Gasteiger partial charge in [0.25, 0.3) is 0 Å². The summed E-state index contributed by atoms with van der Waals surface area (Å²) >= 11 is 0. The monoisotopic (exact) mass is 534 g/mol. The van der Waals surface area contributed by atoms with Gasteiger partial charge in [0.05, 0.1) is 37.0 Å². The van der Waals surface area contributed by atoms with Crippen LogP contribution in [-0.4, -0.2) is 62.9 Å². The lowest BCUT2D eigenvalue weighted by molar-refractivity contribution is -0.0409. The number of nitrogens with one attached hydrogen (secondary N) is 1. The van der Waals surface area contributed by atoms with Crippen molar-refractivity contribution in [3.63, 3.8) is 0 Å². The highest BCUT2D eigenvalue weighted by atomic mass is 35.5. The van der Waals surface area contributed by atoms with Crippen molar-refractivity contribution in [2.45, 2.75) is 58.3 Å². The van der Waals surface area contributed by atoms with E-state index in [1.54, 1.807) is 12.3 Å². The number of hydrogen-bond donors (Lipinski definition) is 1. The summed E-state index contributed by atoms with van der Waals surface area (Å²) in [5.74, 6) is -0.0715. The average molecular weight is 535 g/mol. The van der Waals surface area contributed by atoms with E-state index in [2.05, 4.69) is 39.0 Å². The highest BCUT2D eigenvalue weighted by molar-refractivity contribution is 5.85. The Hall–Kier alpha value is -2.66. The Labute approximate surface area is 221 Å². The SMILES string of the molecule is Cc1ncc(-c2nc(Nc3ccc(CN4[C@@H](C)COC[C@@H]4C)cc3F)ncc2F)n1C1CCOCC1.Cl. The van der Waals surface area contributed by atoms with Crippen molar-refractivity contribution in [2.75, 3.05) is 31.7 Å². The number of morpholine rings is 1. The molecule has 0 aliphatic carbocycles. The molecule has 2 fully saturated rings. The highest BCUT2D eigenvalue weighted by Crippen LogP contribution is 2.31. The standard InChI is InChI=1S/C26H32F2N6O2.ClH/c1-16-14-36-15-17(2)33(16)13-19-4-5-23(21(27)10-19)31-26-30-11-22(28)25(32-26)24-12-29-18(3)34(24)20-6-8-35-9-7-20;/h4-5,10-12,16-17,20H,6-9,13-15H2,1-3H3,(H,30,31,32);1H/t16-,17-;/m0./s1. The fourth-order valence-electron chi connectivity index (χ4n) is 5.08. The Morgan fingerprint density at radius 3 is 2.43 bits per heavy atom. The molecular weight excluding hydrogens is 502 g/mol. The van der Waals surface area contributed by atoms with Crippen molar-refractivity contribution in [1.29, 1.82) is 0 Å². The van der Waals surface area contributed by atoms with Crippen molar-refractivity contribution in [3.8, 4) is 11.4 Å². The fraction of sp³-hybridized carbons (Fsp3) is 0.500. The van der Waals surface area contributed by atoms with E-state index < -0.39 is 11.6 Å². The minimum Gasteiger partial charge on any atom is -0.381 e. The number of nitrogens with zero attached hydrogens (tertiary/aromatic N) is 5.